The van der Waals surface area contributed by atoms with Gasteiger partial charge in [-0.3, -0.25) is 0 Å². The van der Waals surface area contributed by atoms with E-state index in [0.717, 1.165) is 29.9 Å². The summed E-state index contributed by atoms with van der Waals surface area (Å²) in [4.78, 5) is 2.47. The first-order valence-corrected chi connectivity index (χ1v) is 21.8. The highest BCUT2D eigenvalue weighted by Crippen LogP contribution is 2.65. The van der Waals surface area contributed by atoms with Crippen LogP contribution in [0.4, 0.5) is 17.1 Å². The van der Waals surface area contributed by atoms with E-state index in [1.54, 1.807) is 0 Å². The van der Waals surface area contributed by atoms with Crippen LogP contribution in [0, 0.1) is 0 Å². The molecule has 0 fully saturated rings. The van der Waals surface area contributed by atoms with Crippen molar-refractivity contribution in [3.8, 4) is 55.6 Å². The number of hydrogen-bond donors (Lipinski definition) is 0. The molecule has 1 spiro atoms. The second kappa shape index (κ2) is 14.8. The third-order valence-electron chi connectivity index (χ3n) is 13.3. The van der Waals surface area contributed by atoms with Crippen LogP contribution in [0.3, 0.4) is 0 Å². The molecule has 0 saturated heterocycles. The summed E-state index contributed by atoms with van der Waals surface area (Å²) >= 11 is 0. The van der Waals surface area contributed by atoms with E-state index in [2.05, 4.69) is 242 Å². The first-order chi connectivity index (χ1) is 30.8. The van der Waals surface area contributed by atoms with Gasteiger partial charge in [0.25, 0.3) is 0 Å². The minimum atomic E-state index is -0.504. The summed E-state index contributed by atoms with van der Waals surface area (Å²) in [6.07, 6.45) is 9.15. The number of fused-ring (bicyclic) bond motifs is 10. The van der Waals surface area contributed by atoms with Crippen molar-refractivity contribution >= 4 is 22.6 Å². The van der Waals surface area contributed by atoms with Gasteiger partial charge in [-0.1, -0.05) is 200 Å². The molecule has 1 unspecified atom stereocenters. The smallest absolute Gasteiger partial charge is 0.0726 e. The average molecular weight is 790 g/mol. The monoisotopic (exact) mass is 789 g/mol. The van der Waals surface area contributed by atoms with Crippen LogP contribution >= 0.6 is 0 Å². The van der Waals surface area contributed by atoms with E-state index >= 15 is 0 Å². The highest BCUT2D eigenvalue weighted by Gasteiger charge is 2.53. The van der Waals surface area contributed by atoms with Gasteiger partial charge in [-0.15, -0.1) is 0 Å². The number of hydrogen-bond acceptors (Lipinski definition) is 1. The van der Waals surface area contributed by atoms with E-state index in [1.807, 2.05) is 0 Å². The van der Waals surface area contributed by atoms with E-state index < -0.39 is 5.41 Å². The maximum Gasteiger partial charge on any atom is 0.0726 e. The van der Waals surface area contributed by atoms with Crippen molar-refractivity contribution in [2.45, 2.75) is 18.3 Å². The Bertz CT molecular complexity index is 3130. The van der Waals surface area contributed by atoms with Gasteiger partial charge in [0.1, 0.15) is 0 Å². The first-order valence-electron chi connectivity index (χ1n) is 21.8. The fourth-order valence-corrected chi connectivity index (χ4v) is 10.6. The van der Waals surface area contributed by atoms with Crippen molar-refractivity contribution in [3.63, 3.8) is 0 Å². The molecule has 0 aliphatic heterocycles. The lowest BCUT2D eigenvalue weighted by Gasteiger charge is -2.32. The number of rotatable bonds is 7. The molecule has 3 aliphatic carbocycles. The Kier molecular flexibility index (Phi) is 8.61. The maximum atomic E-state index is 2.47. The van der Waals surface area contributed by atoms with Gasteiger partial charge >= 0.3 is 0 Å². The zero-order valence-corrected chi connectivity index (χ0v) is 34.4. The van der Waals surface area contributed by atoms with Gasteiger partial charge in [-0.05, 0) is 133 Å². The van der Waals surface area contributed by atoms with Crippen molar-refractivity contribution in [1.82, 2.24) is 0 Å². The highest BCUT2D eigenvalue weighted by atomic mass is 15.1. The van der Waals surface area contributed by atoms with Crippen LogP contribution < -0.4 is 4.90 Å². The van der Waals surface area contributed by atoms with Crippen molar-refractivity contribution in [2.24, 2.45) is 0 Å². The zero-order valence-electron chi connectivity index (χ0n) is 34.4. The molecule has 0 bridgehead atoms. The Morgan fingerprint density at radius 3 is 1.42 bits per heavy atom. The van der Waals surface area contributed by atoms with Crippen LogP contribution in [0.25, 0.3) is 61.2 Å². The molecule has 0 heterocycles. The second-order valence-corrected chi connectivity index (χ2v) is 16.7. The predicted molar refractivity (Wildman–Crippen MR) is 260 cm³/mol. The van der Waals surface area contributed by atoms with Crippen LogP contribution in [0.15, 0.2) is 237 Å². The van der Waals surface area contributed by atoms with Crippen molar-refractivity contribution in [1.29, 1.82) is 0 Å². The standard InChI is InChI=1S/C61H43N/c1-4-17-42(18-5-1)45-33-37-49(38-34-45)62(50-39-35-46(36-40-50)43-19-6-2-7-20-43)58-32-16-31-57-60(58)53-26-11-13-29-55(53)61(57)54-28-12-10-25-52(54)59-51(27-15-30-56(59)61)48-24-14-23-47(41-48)44-21-8-3-9-22-44/h1-2,4-8,10-41H,3,9H2. The largest absolute Gasteiger partial charge is 0.310 e. The van der Waals surface area contributed by atoms with Crippen LogP contribution in [-0.4, -0.2) is 0 Å². The van der Waals surface area contributed by atoms with Gasteiger partial charge in [-0.25, -0.2) is 0 Å². The molecule has 9 aromatic rings. The summed E-state index contributed by atoms with van der Waals surface area (Å²) in [5, 5.41) is 0. The summed E-state index contributed by atoms with van der Waals surface area (Å²) in [7, 11) is 0. The number of allylic oxidation sites excluding steroid dienone is 4. The molecular formula is C61H43N. The van der Waals surface area contributed by atoms with Gasteiger partial charge in [0, 0.05) is 16.9 Å². The molecular weight excluding hydrogens is 747 g/mol. The molecule has 62 heavy (non-hydrogen) atoms. The molecule has 0 amide bonds. The third kappa shape index (κ3) is 5.62. The third-order valence-corrected chi connectivity index (χ3v) is 13.3. The molecule has 0 saturated carbocycles. The zero-order chi connectivity index (χ0) is 41.0. The van der Waals surface area contributed by atoms with Crippen molar-refractivity contribution in [2.75, 3.05) is 4.90 Å². The average Bonchev–Trinajstić information content (AvgIpc) is 3.83. The van der Waals surface area contributed by atoms with Gasteiger partial charge in [0.2, 0.25) is 0 Å². The first kappa shape index (κ1) is 36.1. The molecule has 9 aromatic carbocycles. The highest BCUT2D eigenvalue weighted by molar-refractivity contribution is 6.03. The summed E-state index contributed by atoms with van der Waals surface area (Å²) in [5.41, 5.74) is 23.3. The number of benzene rings is 9. The van der Waals surface area contributed by atoms with Crippen LogP contribution in [-0.2, 0) is 5.41 Å². The topological polar surface area (TPSA) is 3.24 Å². The fraction of sp³-hybridized carbons (Fsp3) is 0.0492. The quantitative estimate of drug-likeness (QED) is 0.155. The Hall–Kier alpha value is -7.74. The molecule has 1 heteroatoms. The van der Waals surface area contributed by atoms with E-state index in [-0.39, 0.29) is 0 Å². The van der Waals surface area contributed by atoms with Gasteiger partial charge < -0.3 is 4.90 Å². The van der Waals surface area contributed by atoms with Crippen molar-refractivity contribution in [3.05, 3.63) is 264 Å². The van der Waals surface area contributed by atoms with E-state index in [9.17, 15) is 0 Å². The van der Waals surface area contributed by atoms with Crippen molar-refractivity contribution < 1.29 is 0 Å². The Balaban J connectivity index is 1.08. The Labute approximate surface area is 364 Å². The Morgan fingerprint density at radius 2 is 0.806 bits per heavy atom. The minimum Gasteiger partial charge on any atom is -0.310 e. The van der Waals surface area contributed by atoms with E-state index in [0.29, 0.717) is 0 Å². The molecule has 0 N–H and O–H groups in total. The van der Waals surface area contributed by atoms with Gasteiger partial charge in [0.05, 0.1) is 11.1 Å². The molecule has 12 rings (SSSR count). The normalized spacial score (nSPS) is 15.4. The predicted octanol–water partition coefficient (Wildman–Crippen LogP) is 16.2. The molecule has 292 valence electrons. The number of anilines is 3. The summed E-state index contributed by atoms with van der Waals surface area (Å²) in [6, 6.07) is 81.0. The lowest BCUT2D eigenvalue weighted by Crippen LogP contribution is -2.26. The molecule has 1 nitrogen and oxygen atoms in total. The Morgan fingerprint density at radius 1 is 0.339 bits per heavy atom. The van der Waals surface area contributed by atoms with Gasteiger partial charge in [0.15, 0.2) is 0 Å². The fourth-order valence-electron chi connectivity index (χ4n) is 10.6. The molecule has 3 aliphatic rings. The molecule has 1 atom stereocenters. The lowest BCUT2D eigenvalue weighted by atomic mass is 9.70. The molecule has 0 radical (unpaired) electrons. The van der Waals surface area contributed by atoms with Crippen LogP contribution in [0.1, 0.15) is 40.7 Å². The summed E-state index contributed by atoms with van der Waals surface area (Å²) < 4.78 is 0. The number of nitrogens with zero attached hydrogens (tertiary/aromatic N) is 1. The van der Waals surface area contributed by atoms with Crippen LogP contribution in [0.2, 0.25) is 0 Å². The minimum absolute atomic E-state index is 0.504. The second-order valence-electron chi connectivity index (χ2n) is 16.7. The van der Waals surface area contributed by atoms with Crippen LogP contribution in [0.5, 0.6) is 0 Å². The van der Waals surface area contributed by atoms with E-state index in [4.69, 9.17) is 0 Å². The lowest BCUT2D eigenvalue weighted by molar-refractivity contribution is 0.794. The summed E-state index contributed by atoms with van der Waals surface area (Å²) in [6.45, 7) is 0. The summed E-state index contributed by atoms with van der Waals surface area (Å²) in [5.74, 6) is 0. The maximum absolute atomic E-state index is 2.47. The molecule has 0 aromatic heterocycles. The van der Waals surface area contributed by atoms with E-state index in [1.165, 1.54) is 89.0 Å². The SMILES string of the molecule is C1=CC(c2cccc(-c3cccc4c3-c3ccccc3C43c4ccccc4-c4c(N(c5ccc(-c6ccccc6)cc5)c5ccc(-c6ccccc6)cc5)cccc43)c2)=CCC1. The van der Waals surface area contributed by atoms with Gasteiger partial charge in [-0.2, -0.15) is 0 Å².